The number of aromatic nitrogens is 2. The topological polar surface area (TPSA) is 63.2 Å². The SMILES string of the molecule is CS(=O)(=O)c1ncc2c(n1)CCN(Cc1ccc(C#Cc3ccccc3)s1)C2. The fourth-order valence-electron chi connectivity index (χ4n) is 3.08. The van der Waals surface area contributed by atoms with Gasteiger partial charge in [-0.15, -0.1) is 11.3 Å². The monoisotopic (exact) mass is 409 g/mol. The number of rotatable bonds is 3. The molecule has 2 aromatic heterocycles. The molecule has 0 saturated carbocycles. The van der Waals surface area contributed by atoms with Crippen LogP contribution in [-0.4, -0.2) is 36.1 Å². The molecule has 3 heterocycles. The van der Waals surface area contributed by atoms with Crippen LogP contribution in [0.4, 0.5) is 0 Å². The standard InChI is InChI=1S/C21H19N3O2S2/c1-28(25,26)21-22-13-17-14-24(12-11-20(17)23-21)15-19-10-9-18(27-19)8-7-16-5-3-2-4-6-16/h2-6,9-10,13H,11-12,14-15H2,1H3. The van der Waals surface area contributed by atoms with Crippen LogP contribution in [-0.2, 0) is 29.3 Å². The van der Waals surface area contributed by atoms with Gasteiger partial charge in [0.05, 0.1) is 10.6 Å². The number of sulfone groups is 1. The normalized spacial score (nSPS) is 14.2. The van der Waals surface area contributed by atoms with Crippen LogP contribution < -0.4 is 0 Å². The molecule has 0 atom stereocenters. The minimum absolute atomic E-state index is 0.0837. The van der Waals surface area contributed by atoms with Gasteiger partial charge in [-0.2, -0.15) is 0 Å². The molecule has 1 aromatic carbocycles. The third kappa shape index (κ3) is 4.47. The van der Waals surface area contributed by atoms with Gasteiger partial charge in [-0.05, 0) is 24.3 Å². The van der Waals surface area contributed by atoms with Gasteiger partial charge in [0.15, 0.2) is 0 Å². The van der Waals surface area contributed by atoms with Crippen LogP contribution in [0.25, 0.3) is 0 Å². The Morgan fingerprint density at radius 1 is 1.14 bits per heavy atom. The van der Waals surface area contributed by atoms with Crippen molar-refractivity contribution in [2.24, 2.45) is 0 Å². The zero-order chi connectivity index (χ0) is 19.6. The van der Waals surface area contributed by atoms with Crippen molar-refractivity contribution in [1.82, 2.24) is 14.9 Å². The first-order valence-electron chi connectivity index (χ1n) is 8.90. The fraction of sp³-hybridized carbons (Fsp3) is 0.238. The fourth-order valence-corrected chi connectivity index (χ4v) is 4.50. The maximum Gasteiger partial charge on any atom is 0.246 e. The lowest BCUT2D eigenvalue weighted by Gasteiger charge is -2.27. The molecule has 0 saturated heterocycles. The maximum absolute atomic E-state index is 11.6. The van der Waals surface area contributed by atoms with E-state index in [-0.39, 0.29) is 5.16 Å². The van der Waals surface area contributed by atoms with Crippen LogP contribution in [0.2, 0.25) is 0 Å². The molecule has 0 amide bonds. The molecule has 0 spiro atoms. The van der Waals surface area contributed by atoms with E-state index in [1.54, 1.807) is 17.5 Å². The molecule has 0 fully saturated rings. The minimum atomic E-state index is -3.37. The Bertz CT molecular complexity index is 1160. The number of benzene rings is 1. The number of hydrogen-bond acceptors (Lipinski definition) is 6. The quantitative estimate of drug-likeness (QED) is 0.492. The van der Waals surface area contributed by atoms with E-state index in [1.807, 2.05) is 30.3 Å². The van der Waals surface area contributed by atoms with Crippen molar-refractivity contribution in [3.8, 4) is 11.8 Å². The van der Waals surface area contributed by atoms with Crippen molar-refractivity contribution in [2.45, 2.75) is 24.7 Å². The van der Waals surface area contributed by atoms with Crippen LogP contribution in [0, 0.1) is 11.8 Å². The first-order valence-corrected chi connectivity index (χ1v) is 11.6. The Labute approximate surface area is 169 Å². The molecule has 1 aliphatic rings. The van der Waals surface area contributed by atoms with Gasteiger partial charge in [0.1, 0.15) is 0 Å². The molecule has 7 heteroatoms. The van der Waals surface area contributed by atoms with Crippen LogP contribution in [0.15, 0.2) is 53.8 Å². The van der Waals surface area contributed by atoms with E-state index in [4.69, 9.17) is 0 Å². The van der Waals surface area contributed by atoms with Crippen molar-refractivity contribution in [1.29, 1.82) is 0 Å². The summed E-state index contributed by atoms with van der Waals surface area (Å²) in [6.45, 7) is 2.41. The highest BCUT2D eigenvalue weighted by Gasteiger charge is 2.21. The highest BCUT2D eigenvalue weighted by atomic mass is 32.2. The highest BCUT2D eigenvalue weighted by Crippen LogP contribution is 2.23. The Kier molecular flexibility index (Phi) is 5.27. The average molecular weight is 410 g/mol. The molecule has 28 heavy (non-hydrogen) atoms. The van der Waals surface area contributed by atoms with Crippen LogP contribution in [0.1, 0.15) is 26.6 Å². The Balaban J connectivity index is 1.43. The Morgan fingerprint density at radius 3 is 2.75 bits per heavy atom. The number of nitrogens with zero attached hydrogens (tertiary/aromatic N) is 3. The summed E-state index contributed by atoms with van der Waals surface area (Å²) in [5.74, 6) is 6.42. The summed E-state index contributed by atoms with van der Waals surface area (Å²) in [5, 5.41) is -0.0837. The van der Waals surface area contributed by atoms with Crippen LogP contribution in [0.3, 0.4) is 0 Å². The van der Waals surface area contributed by atoms with Gasteiger partial charge in [0, 0.05) is 54.5 Å². The van der Waals surface area contributed by atoms with E-state index in [1.165, 1.54) is 4.88 Å². The predicted octanol–water partition coefficient (Wildman–Crippen LogP) is 2.90. The maximum atomic E-state index is 11.6. The van der Waals surface area contributed by atoms with Crippen molar-refractivity contribution in [3.05, 3.63) is 75.2 Å². The molecule has 0 radical (unpaired) electrons. The first-order chi connectivity index (χ1) is 13.5. The summed E-state index contributed by atoms with van der Waals surface area (Å²) >= 11 is 1.71. The van der Waals surface area contributed by atoms with Gasteiger partial charge in [-0.3, -0.25) is 4.90 Å². The summed E-state index contributed by atoms with van der Waals surface area (Å²) in [6, 6.07) is 14.2. The third-order valence-corrected chi connectivity index (χ3v) is 6.31. The Morgan fingerprint density at radius 2 is 1.96 bits per heavy atom. The van der Waals surface area contributed by atoms with Gasteiger partial charge in [-0.25, -0.2) is 18.4 Å². The van der Waals surface area contributed by atoms with Crippen molar-refractivity contribution < 1.29 is 8.42 Å². The molecule has 142 valence electrons. The molecular formula is C21H19N3O2S2. The predicted molar refractivity (Wildman–Crippen MR) is 110 cm³/mol. The van der Waals surface area contributed by atoms with E-state index in [0.717, 1.165) is 54.0 Å². The molecule has 0 bridgehead atoms. The zero-order valence-electron chi connectivity index (χ0n) is 15.4. The van der Waals surface area contributed by atoms with E-state index < -0.39 is 9.84 Å². The summed E-state index contributed by atoms with van der Waals surface area (Å²) in [7, 11) is -3.37. The van der Waals surface area contributed by atoms with Gasteiger partial charge < -0.3 is 0 Å². The second kappa shape index (κ2) is 7.84. The van der Waals surface area contributed by atoms with Crippen molar-refractivity contribution in [2.75, 3.05) is 12.8 Å². The minimum Gasteiger partial charge on any atom is -0.293 e. The molecule has 0 aliphatic carbocycles. The third-order valence-electron chi connectivity index (χ3n) is 4.47. The number of hydrogen-bond donors (Lipinski definition) is 0. The van der Waals surface area contributed by atoms with Gasteiger partial charge >= 0.3 is 0 Å². The van der Waals surface area contributed by atoms with Crippen LogP contribution in [0.5, 0.6) is 0 Å². The number of thiophene rings is 1. The molecule has 3 aromatic rings. The van der Waals surface area contributed by atoms with E-state index in [9.17, 15) is 8.42 Å². The summed E-state index contributed by atoms with van der Waals surface area (Å²) in [4.78, 5) is 12.9. The first kappa shape index (κ1) is 18.8. The molecule has 5 nitrogen and oxygen atoms in total. The Hall–Kier alpha value is -2.53. The second-order valence-corrected chi connectivity index (χ2v) is 9.82. The summed E-state index contributed by atoms with van der Waals surface area (Å²) < 4.78 is 23.3. The summed E-state index contributed by atoms with van der Waals surface area (Å²) in [6.07, 6.45) is 3.52. The van der Waals surface area contributed by atoms with E-state index in [0.29, 0.717) is 0 Å². The zero-order valence-corrected chi connectivity index (χ0v) is 17.1. The van der Waals surface area contributed by atoms with Crippen molar-refractivity contribution in [3.63, 3.8) is 0 Å². The molecular weight excluding hydrogens is 390 g/mol. The molecule has 0 N–H and O–H groups in total. The van der Waals surface area contributed by atoms with Gasteiger partial charge in [-0.1, -0.05) is 30.0 Å². The lowest BCUT2D eigenvalue weighted by Crippen LogP contribution is -2.31. The van der Waals surface area contributed by atoms with Crippen LogP contribution >= 0.6 is 11.3 Å². The average Bonchev–Trinajstić information content (AvgIpc) is 3.13. The van der Waals surface area contributed by atoms with Gasteiger partial charge in [0.2, 0.25) is 15.0 Å². The summed E-state index contributed by atoms with van der Waals surface area (Å²) in [5.41, 5.74) is 2.85. The largest absolute Gasteiger partial charge is 0.293 e. The van der Waals surface area contributed by atoms with Crippen molar-refractivity contribution >= 4 is 21.2 Å². The molecule has 0 unspecified atom stereocenters. The smallest absolute Gasteiger partial charge is 0.246 e. The molecule has 1 aliphatic heterocycles. The van der Waals surface area contributed by atoms with E-state index >= 15 is 0 Å². The molecule has 4 rings (SSSR count). The second-order valence-electron chi connectivity index (χ2n) is 6.74. The van der Waals surface area contributed by atoms with Gasteiger partial charge in [0.25, 0.3) is 0 Å². The lowest BCUT2D eigenvalue weighted by molar-refractivity contribution is 0.244. The lowest BCUT2D eigenvalue weighted by atomic mass is 10.1. The highest BCUT2D eigenvalue weighted by molar-refractivity contribution is 7.90. The van der Waals surface area contributed by atoms with E-state index in [2.05, 4.69) is 38.8 Å². The number of fused-ring (bicyclic) bond motifs is 1.